The highest BCUT2D eigenvalue weighted by molar-refractivity contribution is 6.31. The van der Waals surface area contributed by atoms with E-state index in [1.54, 1.807) is 23.1 Å². The standard InChI is InChI=1S/C34H42ClFN4O2/c1-2-26-8-10-28(11-9-26)24-38-17-4-5-27(16-18-38)25-40(34(41)37-30-7-3-6-29(35)12-13-30)31-14-15-33(32(36)23-31)39-19-21-42-22-20-39/h6-15,23,27H,2-5,16-22,24-25H2,1H3,(H,37,41). The number of amides is 2. The maximum Gasteiger partial charge on any atom is 0.326 e. The summed E-state index contributed by atoms with van der Waals surface area (Å²) in [5, 5.41) is 3.68. The minimum atomic E-state index is -0.321. The lowest BCUT2D eigenvalue weighted by Crippen LogP contribution is -2.42. The van der Waals surface area contributed by atoms with Crippen LogP contribution in [0.3, 0.4) is 0 Å². The van der Waals surface area contributed by atoms with Crippen LogP contribution < -0.4 is 15.1 Å². The molecule has 1 aliphatic carbocycles. The minimum absolute atomic E-state index is 0.264. The topological polar surface area (TPSA) is 48.0 Å². The summed E-state index contributed by atoms with van der Waals surface area (Å²) >= 11 is 6.16. The first kappa shape index (κ1) is 30.3. The molecule has 2 aromatic rings. The van der Waals surface area contributed by atoms with Gasteiger partial charge in [0.2, 0.25) is 0 Å². The number of aryl methyl sites for hydroxylation is 1. The summed E-state index contributed by atoms with van der Waals surface area (Å²) in [7, 11) is 0. The van der Waals surface area contributed by atoms with Crippen molar-refractivity contribution < 1.29 is 13.9 Å². The van der Waals surface area contributed by atoms with Gasteiger partial charge in [0.15, 0.2) is 0 Å². The average Bonchev–Trinajstić information content (AvgIpc) is 3.36. The van der Waals surface area contributed by atoms with Crippen molar-refractivity contribution in [3.05, 3.63) is 94.4 Å². The van der Waals surface area contributed by atoms with Gasteiger partial charge in [0, 0.05) is 42.6 Å². The zero-order valence-corrected chi connectivity index (χ0v) is 25.3. The molecule has 0 spiro atoms. The summed E-state index contributed by atoms with van der Waals surface area (Å²) in [5.74, 6) is -0.0159. The van der Waals surface area contributed by atoms with Crippen molar-refractivity contribution in [1.29, 1.82) is 0 Å². The second-order valence-electron chi connectivity index (χ2n) is 11.3. The number of morpholine rings is 1. The molecule has 1 N–H and O–H groups in total. The van der Waals surface area contributed by atoms with E-state index in [2.05, 4.69) is 41.4 Å². The molecule has 224 valence electrons. The largest absolute Gasteiger partial charge is 0.378 e. The van der Waals surface area contributed by atoms with Gasteiger partial charge in [-0.25, -0.2) is 9.18 Å². The molecule has 0 saturated carbocycles. The number of urea groups is 1. The third kappa shape index (κ3) is 8.24. The monoisotopic (exact) mass is 592 g/mol. The smallest absolute Gasteiger partial charge is 0.326 e. The number of nitrogens with one attached hydrogen (secondary N) is 1. The molecule has 42 heavy (non-hydrogen) atoms. The fourth-order valence-corrected chi connectivity index (χ4v) is 6.03. The first-order valence-electron chi connectivity index (χ1n) is 15.2. The molecule has 0 bridgehead atoms. The summed E-state index contributed by atoms with van der Waals surface area (Å²) in [6, 6.07) is 13.8. The van der Waals surface area contributed by atoms with Gasteiger partial charge in [-0.05, 0) is 92.6 Å². The van der Waals surface area contributed by atoms with E-state index < -0.39 is 0 Å². The van der Waals surface area contributed by atoms with Crippen LogP contribution in [0.2, 0.25) is 0 Å². The van der Waals surface area contributed by atoms with E-state index in [0.29, 0.717) is 67.3 Å². The van der Waals surface area contributed by atoms with E-state index in [1.165, 1.54) is 17.2 Å². The van der Waals surface area contributed by atoms with Gasteiger partial charge >= 0.3 is 6.03 Å². The maximum absolute atomic E-state index is 15.5. The van der Waals surface area contributed by atoms with Crippen molar-refractivity contribution in [1.82, 2.24) is 10.2 Å². The average molecular weight is 593 g/mol. The van der Waals surface area contributed by atoms with Crippen LogP contribution in [0.15, 0.2) is 77.5 Å². The highest BCUT2D eigenvalue weighted by Gasteiger charge is 2.25. The Morgan fingerprint density at radius 1 is 1.02 bits per heavy atom. The number of hydrogen-bond donors (Lipinski definition) is 1. The Kier molecular flexibility index (Phi) is 10.7. The van der Waals surface area contributed by atoms with E-state index >= 15 is 4.39 Å². The number of nitrogens with zero attached hydrogens (tertiary/aromatic N) is 3. The Hall–Kier alpha value is -3.13. The van der Waals surface area contributed by atoms with Gasteiger partial charge < -0.3 is 15.0 Å². The van der Waals surface area contributed by atoms with E-state index in [-0.39, 0.29) is 11.8 Å². The molecule has 0 aromatic heterocycles. The quantitative estimate of drug-likeness (QED) is 0.358. The number of likely N-dealkylation sites (tertiary alicyclic amines) is 1. The molecule has 5 rings (SSSR count). The molecule has 3 aliphatic rings. The SMILES string of the molecule is CCc1ccc(CN2CCCC(CN(C(=O)NC3=CCC=C(Cl)C=C3)c3ccc(N4CCOCC4)c(F)c3)CC2)cc1. The lowest BCUT2D eigenvalue weighted by molar-refractivity contribution is 0.122. The molecule has 2 heterocycles. The Morgan fingerprint density at radius 3 is 2.57 bits per heavy atom. The van der Waals surface area contributed by atoms with Crippen LogP contribution >= 0.6 is 11.6 Å². The Bertz CT molecular complexity index is 1300. The second kappa shape index (κ2) is 14.9. The summed E-state index contributed by atoms with van der Waals surface area (Å²) in [6.45, 7) is 8.11. The number of allylic oxidation sites excluding steroid dienone is 5. The third-order valence-corrected chi connectivity index (χ3v) is 8.66. The van der Waals surface area contributed by atoms with Gasteiger partial charge in [-0.2, -0.15) is 0 Å². The summed E-state index contributed by atoms with van der Waals surface area (Å²) in [5.41, 5.74) is 4.49. The molecule has 2 saturated heterocycles. The number of rotatable bonds is 8. The molecule has 1 unspecified atom stereocenters. The zero-order chi connectivity index (χ0) is 29.3. The van der Waals surface area contributed by atoms with Crippen LogP contribution in [0.25, 0.3) is 0 Å². The van der Waals surface area contributed by atoms with Crippen LogP contribution in [-0.4, -0.2) is 56.9 Å². The molecular formula is C34H42ClFN4O2. The van der Waals surface area contributed by atoms with Crippen LogP contribution in [0.5, 0.6) is 0 Å². The van der Waals surface area contributed by atoms with Crippen molar-refractivity contribution in [3.63, 3.8) is 0 Å². The summed E-state index contributed by atoms with van der Waals surface area (Å²) < 4.78 is 20.9. The van der Waals surface area contributed by atoms with Gasteiger partial charge in [-0.15, -0.1) is 0 Å². The number of benzene rings is 2. The summed E-state index contributed by atoms with van der Waals surface area (Å²) in [4.78, 5) is 20.0. The predicted molar refractivity (Wildman–Crippen MR) is 170 cm³/mol. The van der Waals surface area contributed by atoms with Crippen LogP contribution in [-0.2, 0) is 17.7 Å². The predicted octanol–water partition coefficient (Wildman–Crippen LogP) is 7.01. The van der Waals surface area contributed by atoms with E-state index in [9.17, 15) is 4.79 Å². The number of ether oxygens (including phenoxy) is 1. The molecule has 1 atom stereocenters. The number of carbonyl (C=O) groups is 1. The minimum Gasteiger partial charge on any atom is -0.378 e. The molecule has 8 heteroatoms. The van der Waals surface area contributed by atoms with Crippen molar-refractivity contribution >= 4 is 29.0 Å². The first-order chi connectivity index (χ1) is 20.5. The first-order valence-corrected chi connectivity index (χ1v) is 15.6. The maximum atomic E-state index is 15.5. The van der Waals surface area contributed by atoms with Gasteiger partial charge in [0.05, 0.1) is 18.9 Å². The molecule has 0 radical (unpaired) electrons. The van der Waals surface area contributed by atoms with Crippen molar-refractivity contribution in [2.45, 2.75) is 45.6 Å². The molecule has 2 aromatic carbocycles. The third-order valence-electron chi connectivity index (χ3n) is 8.38. The number of anilines is 2. The van der Waals surface area contributed by atoms with Crippen molar-refractivity contribution in [2.24, 2.45) is 5.92 Å². The van der Waals surface area contributed by atoms with Crippen molar-refractivity contribution in [3.8, 4) is 0 Å². The zero-order valence-electron chi connectivity index (χ0n) is 24.5. The Morgan fingerprint density at radius 2 is 1.81 bits per heavy atom. The molecular weight excluding hydrogens is 551 g/mol. The van der Waals surface area contributed by atoms with Crippen molar-refractivity contribution in [2.75, 3.05) is 55.7 Å². The molecule has 2 aliphatic heterocycles. The lowest BCUT2D eigenvalue weighted by atomic mass is 9.99. The number of hydrogen-bond acceptors (Lipinski definition) is 4. The molecule has 6 nitrogen and oxygen atoms in total. The molecule has 2 fully saturated rings. The van der Waals surface area contributed by atoms with Crippen LogP contribution in [0.4, 0.5) is 20.6 Å². The van der Waals surface area contributed by atoms with Gasteiger partial charge in [-0.3, -0.25) is 9.80 Å². The lowest BCUT2D eigenvalue weighted by Gasteiger charge is -2.31. The Balaban J connectivity index is 1.29. The Labute approximate surface area is 254 Å². The van der Waals surface area contributed by atoms with E-state index in [1.807, 2.05) is 23.1 Å². The highest BCUT2D eigenvalue weighted by Crippen LogP contribution is 2.29. The molecule has 2 amide bonds. The van der Waals surface area contributed by atoms with Crippen LogP contribution in [0.1, 0.15) is 43.7 Å². The number of carbonyl (C=O) groups excluding carboxylic acids is 1. The highest BCUT2D eigenvalue weighted by atomic mass is 35.5. The summed E-state index contributed by atoms with van der Waals surface area (Å²) in [6.07, 6.45) is 12.1. The fraction of sp³-hybridized carbons (Fsp3) is 0.441. The fourth-order valence-electron chi connectivity index (χ4n) is 5.88. The van der Waals surface area contributed by atoms with Gasteiger partial charge in [-0.1, -0.05) is 54.9 Å². The second-order valence-corrected chi connectivity index (χ2v) is 11.8. The van der Waals surface area contributed by atoms with Crippen LogP contribution in [0, 0.1) is 11.7 Å². The van der Waals surface area contributed by atoms with E-state index in [0.717, 1.165) is 45.3 Å². The normalized spacial score (nSPS) is 19.9. The van der Waals surface area contributed by atoms with E-state index in [4.69, 9.17) is 16.3 Å². The number of halogens is 2. The van der Waals surface area contributed by atoms with Gasteiger partial charge in [0.25, 0.3) is 0 Å². The van der Waals surface area contributed by atoms with Gasteiger partial charge in [0.1, 0.15) is 5.82 Å².